The molecule has 0 aromatic rings. The molecule has 0 aromatic heterocycles. The lowest BCUT2D eigenvalue weighted by Crippen LogP contribution is -2.42. The molecule has 1 amide bonds. The van der Waals surface area contributed by atoms with Crippen LogP contribution in [0.5, 0.6) is 0 Å². The molecule has 0 bridgehead atoms. The van der Waals surface area contributed by atoms with E-state index in [-0.39, 0.29) is 18.2 Å². The average Bonchev–Trinajstić information content (AvgIpc) is 2.92. The smallest absolute Gasteiger partial charge is 0.220 e. The first-order chi connectivity index (χ1) is 9.58. The third-order valence-corrected chi connectivity index (χ3v) is 6.81. The standard InChI is InChI=1S/C13H24N2O3S2/c16-13(11-12-3-1-2-4-12)14-5-10-20(17,18)15-6-8-19-9-7-15/h12H,1-11H2,(H,14,16). The summed E-state index contributed by atoms with van der Waals surface area (Å²) in [6, 6.07) is 0. The second-order valence-corrected chi connectivity index (χ2v) is 8.85. The predicted molar refractivity (Wildman–Crippen MR) is 82.3 cm³/mol. The molecule has 116 valence electrons. The first-order valence-electron chi connectivity index (χ1n) is 7.40. The van der Waals surface area contributed by atoms with Crippen LogP contribution in [0.15, 0.2) is 0 Å². The summed E-state index contributed by atoms with van der Waals surface area (Å²) in [6.07, 6.45) is 5.27. The Labute approximate surface area is 125 Å². The molecular formula is C13H24N2O3S2. The fraction of sp³-hybridized carbons (Fsp3) is 0.923. The van der Waals surface area contributed by atoms with Gasteiger partial charge in [0.1, 0.15) is 0 Å². The van der Waals surface area contributed by atoms with Crippen LogP contribution in [0.2, 0.25) is 0 Å². The fourth-order valence-corrected chi connectivity index (χ4v) is 5.31. The van der Waals surface area contributed by atoms with E-state index >= 15 is 0 Å². The van der Waals surface area contributed by atoms with Crippen LogP contribution in [-0.4, -0.2) is 55.5 Å². The molecule has 7 heteroatoms. The van der Waals surface area contributed by atoms with Gasteiger partial charge >= 0.3 is 0 Å². The minimum absolute atomic E-state index is 0.00120. The number of sulfonamides is 1. The zero-order valence-corrected chi connectivity index (χ0v) is 13.5. The van der Waals surface area contributed by atoms with Gasteiger partial charge in [0.15, 0.2) is 0 Å². The summed E-state index contributed by atoms with van der Waals surface area (Å²) >= 11 is 1.79. The highest BCUT2D eigenvalue weighted by atomic mass is 32.2. The Morgan fingerprint density at radius 2 is 1.85 bits per heavy atom. The van der Waals surface area contributed by atoms with Gasteiger partial charge in [-0.1, -0.05) is 12.8 Å². The van der Waals surface area contributed by atoms with Crippen LogP contribution >= 0.6 is 11.8 Å². The van der Waals surface area contributed by atoms with Crippen LogP contribution in [0.1, 0.15) is 32.1 Å². The quantitative estimate of drug-likeness (QED) is 0.795. The molecule has 20 heavy (non-hydrogen) atoms. The number of rotatable bonds is 6. The van der Waals surface area contributed by atoms with Gasteiger partial charge in [-0.05, 0) is 18.8 Å². The summed E-state index contributed by atoms with van der Waals surface area (Å²) in [5.74, 6) is 2.27. The highest BCUT2D eigenvalue weighted by molar-refractivity contribution is 7.99. The van der Waals surface area contributed by atoms with Crippen molar-refractivity contribution in [2.24, 2.45) is 5.92 Å². The number of thioether (sulfide) groups is 1. The monoisotopic (exact) mass is 320 g/mol. The molecular weight excluding hydrogens is 296 g/mol. The minimum atomic E-state index is -3.20. The van der Waals surface area contributed by atoms with Crippen molar-refractivity contribution in [1.82, 2.24) is 9.62 Å². The summed E-state index contributed by atoms with van der Waals surface area (Å²) in [7, 11) is -3.20. The van der Waals surface area contributed by atoms with Gasteiger partial charge in [-0.15, -0.1) is 0 Å². The Balaban J connectivity index is 1.67. The largest absolute Gasteiger partial charge is 0.355 e. The van der Waals surface area contributed by atoms with Crippen molar-refractivity contribution >= 4 is 27.7 Å². The molecule has 1 heterocycles. The van der Waals surface area contributed by atoms with Gasteiger partial charge in [0.25, 0.3) is 0 Å². The first-order valence-corrected chi connectivity index (χ1v) is 10.2. The Hall–Kier alpha value is -0.270. The molecule has 2 fully saturated rings. The van der Waals surface area contributed by atoms with Crippen molar-refractivity contribution in [3.05, 3.63) is 0 Å². The molecule has 0 spiro atoms. The Morgan fingerprint density at radius 3 is 2.50 bits per heavy atom. The van der Waals surface area contributed by atoms with E-state index < -0.39 is 10.0 Å². The van der Waals surface area contributed by atoms with Crippen molar-refractivity contribution in [1.29, 1.82) is 0 Å². The number of nitrogens with one attached hydrogen (secondary N) is 1. The van der Waals surface area contributed by atoms with Gasteiger partial charge in [-0.25, -0.2) is 12.7 Å². The number of carbonyl (C=O) groups is 1. The number of carbonyl (C=O) groups excluding carboxylic acids is 1. The van der Waals surface area contributed by atoms with E-state index in [9.17, 15) is 13.2 Å². The second kappa shape index (κ2) is 7.66. The zero-order valence-electron chi connectivity index (χ0n) is 11.8. The molecule has 0 atom stereocenters. The van der Waals surface area contributed by atoms with Crippen LogP contribution in [0.4, 0.5) is 0 Å². The number of hydrogen-bond acceptors (Lipinski definition) is 4. The van der Waals surface area contributed by atoms with Gasteiger partial charge in [0.05, 0.1) is 5.75 Å². The third kappa shape index (κ3) is 4.93. The van der Waals surface area contributed by atoms with Crippen LogP contribution < -0.4 is 5.32 Å². The Morgan fingerprint density at radius 1 is 1.20 bits per heavy atom. The van der Waals surface area contributed by atoms with E-state index in [0.29, 0.717) is 25.4 Å². The van der Waals surface area contributed by atoms with Gasteiger partial charge in [0, 0.05) is 37.6 Å². The molecule has 0 unspecified atom stereocenters. The first kappa shape index (κ1) is 16.1. The average molecular weight is 320 g/mol. The minimum Gasteiger partial charge on any atom is -0.355 e. The zero-order chi connectivity index (χ0) is 14.4. The molecule has 1 saturated carbocycles. The van der Waals surface area contributed by atoms with Gasteiger partial charge in [0.2, 0.25) is 15.9 Å². The lowest BCUT2D eigenvalue weighted by atomic mass is 10.0. The lowest BCUT2D eigenvalue weighted by Gasteiger charge is -2.25. The molecule has 0 aromatic carbocycles. The van der Waals surface area contributed by atoms with E-state index in [0.717, 1.165) is 24.3 Å². The molecule has 1 N–H and O–H groups in total. The topological polar surface area (TPSA) is 66.5 Å². The summed E-state index contributed by atoms with van der Waals surface area (Å²) in [4.78, 5) is 11.7. The van der Waals surface area contributed by atoms with Crippen LogP contribution in [-0.2, 0) is 14.8 Å². The molecule has 2 aliphatic rings. The van der Waals surface area contributed by atoms with E-state index in [1.54, 1.807) is 16.1 Å². The summed E-state index contributed by atoms with van der Waals surface area (Å²) in [5, 5.41) is 2.75. The Bertz CT molecular complexity index is 413. The highest BCUT2D eigenvalue weighted by Crippen LogP contribution is 2.27. The summed E-state index contributed by atoms with van der Waals surface area (Å²) in [6.45, 7) is 1.43. The lowest BCUT2D eigenvalue weighted by molar-refractivity contribution is -0.121. The van der Waals surface area contributed by atoms with Crippen LogP contribution in [0.25, 0.3) is 0 Å². The Kier molecular flexibility index (Phi) is 6.17. The number of amides is 1. The molecule has 1 aliphatic heterocycles. The molecule has 1 aliphatic carbocycles. The normalized spacial score (nSPS) is 22.0. The van der Waals surface area contributed by atoms with Crippen LogP contribution in [0.3, 0.4) is 0 Å². The van der Waals surface area contributed by atoms with Crippen LogP contribution in [0, 0.1) is 5.92 Å². The van der Waals surface area contributed by atoms with E-state index in [1.807, 2.05) is 0 Å². The number of nitrogens with zero attached hydrogens (tertiary/aromatic N) is 1. The molecule has 0 radical (unpaired) electrons. The second-order valence-electron chi connectivity index (χ2n) is 5.53. The maximum atomic E-state index is 12.1. The molecule has 2 rings (SSSR count). The van der Waals surface area contributed by atoms with Gasteiger partial charge < -0.3 is 5.32 Å². The highest BCUT2D eigenvalue weighted by Gasteiger charge is 2.24. The predicted octanol–water partition coefficient (Wildman–Crippen LogP) is 1.06. The van der Waals surface area contributed by atoms with Crippen molar-refractivity contribution in [3.63, 3.8) is 0 Å². The van der Waals surface area contributed by atoms with Crippen molar-refractivity contribution in [3.8, 4) is 0 Å². The van der Waals surface area contributed by atoms with E-state index in [4.69, 9.17) is 0 Å². The summed E-state index contributed by atoms with van der Waals surface area (Å²) < 4.78 is 25.7. The third-order valence-electron chi connectivity index (χ3n) is 3.99. The van der Waals surface area contributed by atoms with Gasteiger partial charge in [-0.3, -0.25) is 4.79 Å². The maximum Gasteiger partial charge on any atom is 0.220 e. The van der Waals surface area contributed by atoms with Crippen molar-refractivity contribution in [2.45, 2.75) is 32.1 Å². The fourth-order valence-electron chi connectivity index (χ4n) is 2.82. The van der Waals surface area contributed by atoms with Gasteiger partial charge in [-0.2, -0.15) is 11.8 Å². The van der Waals surface area contributed by atoms with E-state index in [2.05, 4.69) is 5.32 Å². The van der Waals surface area contributed by atoms with Crippen molar-refractivity contribution in [2.75, 3.05) is 36.9 Å². The summed E-state index contributed by atoms with van der Waals surface area (Å²) in [5.41, 5.74) is 0. The number of hydrogen-bond donors (Lipinski definition) is 1. The maximum absolute atomic E-state index is 12.1. The van der Waals surface area contributed by atoms with E-state index in [1.165, 1.54) is 12.8 Å². The molecule has 5 nitrogen and oxygen atoms in total. The van der Waals surface area contributed by atoms with Crippen molar-refractivity contribution < 1.29 is 13.2 Å². The SMILES string of the molecule is O=C(CC1CCCC1)NCCS(=O)(=O)N1CCSCC1. The molecule has 1 saturated heterocycles.